The zero-order chi connectivity index (χ0) is 17.9. The molecule has 9 heteroatoms. The Morgan fingerprint density at radius 3 is 2.44 bits per heavy atom. The second-order valence-corrected chi connectivity index (χ2v) is 5.37. The number of ether oxygens (including phenoxy) is 1. The van der Waals surface area contributed by atoms with Crippen molar-refractivity contribution in [2.75, 3.05) is 36.5 Å². The molecular formula is C16H15F3N4O2. The Morgan fingerprint density at radius 2 is 1.80 bits per heavy atom. The van der Waals surface area contributed by atoms with Crippen LogP contribution in [-0.2, 0) is 10.9 Å². The maximum absolute atomic E-state index is 13.0. The van der Waals surface area contributed by atoms with Gasteiger partial charge in [-0.05, 0) is 24.3 Å². The van der Waals surface area contributed by atoms with Gasteiger partial charge in [0.25, 0.3) is 5.91 Å². The van der Waals surface area contributed by atoms with Gasteiger partial charge in [-0.25, -0.2) is 0 Å². The minimum atomic E-state index is -4.56. The van der Waals surface area contributed by atoms with E-state index in [0.29, 0.717) is 32.1 Å². The number of halogens is 3. The second-order valence-electron chi connectivity index (χ2n) is 5.37. The van der Waals surface area contributed by atoms with Crippen LogP contribution in [0, 0.1) is 0 Å². The minimum absolute atomic E-state index is 0.0611. The Balaban J connectivity index is 1.74. The number of anilines is 2. The molecule has 1 saturated heterocycles. The van der Waals surface area contributed by atoms with Crippen LogP contribution in [0.1, 0.15) is 16.1 Å². The molecule has 0 unspecified atom stereocenters. The number of nitrogens with zero attached hydrogens (tertiary/aromatic N) is 3. The number of hydrogen-bond acceptors (Lipinski definition) is 5. The summed E-state index contributed by atoms with van der Waals surface area (Å²) in [5, 5.41) is 10.0. The standard InChI is InChI=1S/C16H15F3N4O2/c17-16(18,19)11-3-1-2-4-12(11)20-15(24)13-5-6-14(22-21-13)23-7-9-25-10-8-23/h1-6H,7-10H2,(H,20,24). The summed E-state index contributed by atoms with van der Waals surface area (Å²) in [5.74, 6) is -0.159. The van der Waals surface area contributed by atoms with Crippen LogP contribution in [0.4, 0.5) is 24.7 Å². The number of carbonyl (C=O) groups excluding carboxylic acids is 1. The van der Waals surface area contributed by atoms with Crippen molar-refractivity contribution in [1.29, 1.82) is 0 Å². The smallest absolute Gasteiger partial charge is 0.378 e. The number of carbonyl (C=O) groups is 1. The van der Waals surface area contributed by atoms with Gasteiger partial charge in [0.1, 0.15) is 0 Å². The molecule has 1 aliphatic rings. The zero-order valence-corrected chi connectivity index (χ0v) is 13.1. The normalized spacial score (nSPS) is 15.1. The summed E-state index contributed by atoms with van der Waals surface area (Å²) in [6.45, 7) is 2.49. The number of amides is 1. The third-order valence-corrected chi connectivity index (χ3v) is 3.70. The first-order chi connectivity index (χ1) is 11.9. The van der Waals surface area contributed by atoms with E-state index in [2.05, 4.69) is 15.5 Å². The van der Waals surface area contributed by atoms with E-state index in [1.165, 1.54) is 24.3 Å². The molecule has 2 heterocycles. The number of alkyl halides is 3. The molecule has 1 N–H and O–H groups in total. The molecule has 1 fully saturated rings. The summed E-state index contributed by atoms with van der Waals surface area (Å²) in [6, 6.07) is 7.82. The number of morpholine rings is 1. The zero-order valence-electron chi connectivity index (χ0n) is 13.1. The fourth-order valence-electron chi connectivity index (χ4n) is 2.43. The maximum atomic E-state index is 13.0. The fourth-order valence-corrected chi connectivity index (χ4v) is 2.43. The third kappa shape index (κ3) is 4.05. The molecule has 6 nitrogen and oxygen atoms in total. The van der Waals surface area contributed by atoms with E-state index < -0.39 is 17.6 Å². The van der Waals surface area contributed by atoms with Gasteiger partial charge in [0.05, 0.1) is 24.5 Å². The summed E-state index contributed by atoms with van der Waals surface area (Å²) in [5.41, 5.74) is -1.30. The molecular weight excluding hydrogens is 337 g/mol. The van der Waals surface area contributed by atoms with Gasteiger partial charge >= 0.3 is 6.18 Å². The third-order valence-electron chi connectivity index (χ3n) is 3.70. The number of rotatable bonds is 3. The number of aromatic nitrogens is 2. The molecule has 0 saturated carbocycles. The topological polar surface area (TPSA) is 67.4 Å². The van der Waals surface area contributed by atoms with Crippen LogP contribution in [0.2, 0.25) is 0 Å². The monoisotopic (exact) mass is 352 g/mol. The van der Waals surface area contributed by atoms with E-state index in [1.807, 2.05) is 4.90 Å². The van der Waals surface area contributed by atoms with Crippen LogP contribution in [0.3, 0.4) is 0 Å². The Hall–Kier alpha value is -2.68. The highest BCUT2D eigenvalue weighted by atomic mass is 19.4. The first-order valence-corrected chi connectivity index (χ1v) is 7.59. The van der Waals surface area contributed by atoms with E-state index in [9.17, 15) is 18.0 Å². The lowest BCUT2D eigenvalue weighted by molar-refractivity contribution is -0.136. The molecule has 25 heavy (non-hydrogen) atoms. The average molecular weight is 352 g/mol. The van der Waals surface area contributed by atoms with Crippen LogP contribution in [-0.4, -0.2) is 42.4 Å². The summed E-state index contributed by atoms with van der Waals surface area (Å²) in [7, 11) is 0. The van der Waals surface area contributed by atoms with Crippen molar-refractivity contribution in [1.82, 2.24) is 10.2 Å². The van der Waals surface area contributed by atoms with Gasteiger partial charge in [-0.15, -0.1) is 10.2 Å². The van der Waals surface area contributed by atoms with Gasteiger partial charge in [-0.3, -0.25) is 4.79 Å². The molecule has 1 aromatic carbocycles. The van der Waals surface area contributed by atoms with Crippen molar-refractivity contribution in [2.45, 2.75) is 6.18 Å². The van der Waals surface area contributed by atoms with E-state index in [1.54, 1.807) is 6.07 Å². The molecule has 0 atom stereocenters. The molecule has 0 spiro atoms. The Labute approximate surface area is 141 Å². The van der Waals surface area contributed by atoms with E-state index in [-0.39, 0.29) is 11.4 Å². The summed E-state index contributed by atoms with van der Waals surface area (Å²) >= 11 is 0. The molecule has 132 valence electrons. The van der Waals surface area contributed by atoms with Crippen LogP contribution in [0.5, 0.6) is 0 Å². The number of para-hydroxylation sites is 1. The lowest BCUT2D eigenvalue weighted by atomic mass is 10.1. The first-order valence-electron chi connectivity index (χ1n) is 7.59. The van der Waals surface area contributed by atoms with E-state index in [0.717, 1.165) is 6.07 Å². The van der Waals surface area contributed by atoms with E-state index in [4.69, 9.17) is 4.74 Å². The largest absolute Gasteiger partial charge is 0.418 e. The highest BCUT2D eigenvalue weighted by Crippen LogP contribution is 2.34. The molecule has 0 radical (unpaired) electrons. The van der Waals surface area contributed by atoms with Gasteiger partial charge in [0.15, 0.2) is 11.5 Å². The molecule has 1 amide bonds. The van der Waals surface area contributed by atoms with Crippen LogP contribution in [0.15, 0.2) is 36.4 Å². The van der Waals surface area contributed by atoms with Crippen molar-refractivity contribution in [3.63, 3.8) is 0 Å². The van der Waals surface area contributed by atoms with Crippen LogP contribution < -0.4 is 10.2 Å². The molecule has 0 aliphatic carbocycles. The molecule has 1 aromatic heterocycles. The highest BCUT2D eigenvalue weighted by molar-refractivity contribution is 6.03. The summed E-state index contributed by atoms with van der Waals surface area (Å²) in [4.78, 5) is 14.1. The number of hydrogen-bond donors (Lipinski definition) is 1. The maximum Gasteiger partial charge on any atom is 0.418 e. The van der Waals surface area contributed by atoms with Gasteiger partial charge in [0, 0.05) is 13.1 Å². The number of benzene rings is 1. The molecule has 3 rings (SSSR count). The predicted octanol–water partition coefficient (Wildman–Crippen LogP) is 2.58. The van der Waals surface area contributed by atoms with Crippen LogP contribution in [0.25, 0.3) is 0 Å². The van der Waals surface area contributed by atoms with E-state index >= 15 is 0 Å². The number of nitrogens with one attached hydrogen (secondary N) is 1. The average Bonchev–Trinajstić information content (AvgIpc) is 2.62. The highest BCUT2D eigenvalue weighted by Gasteiger charge is 2.33. The van der Waals surface area contributed by atoms with Crippen molar-refractivity contribution in [2.24, 2.45) is 0 Å². The predicted molar refractivity (Wildman–Crippen MR) is 84.5 cm³/mol. The van der Waals surface area contributed by atoms with Crippen LogP contribution >= 0.6 is 0 Å². The SMILES string of the molecule is O=C(Nc1ccccc1C(F)(F)F)c1ccc(N2CCOCC2)nn1. The van der Waals surface area contributed by atoms with Gasteiger partial charge in [-0.1, -0.05) is 12.1 Å². The van der Waals surface area contributed by atoms with Crippen molar-refractivity contribution in [3.8, 4) is 0 Å². The molecule has 0 bridgehead atoms. The van der Waals surface area contributed by atoms with Gasteiger partial charge < -0.3 is 15.0 Å². The minimum Gasteiger partial charge on any atom is -0.378 e. The Morgan fingerprint density at radius 1 is 1.08 bits per heavy atom. The molecule has 2 aromatic rings. The fraction of sp³-hybridized carbons (Fsp3) is 0.312. The Bertz CT molecular complexity index is 744. The first kappa shape index (κ1) is 17.2. The van der Waals surface area contributed by atoms with Crippen molar-refractivity contribution in [3.05, 3.63) is 47.7 Å². The molecule has 1 aliphatic heterocycles. The van der Waals surface area contributed by atoms with Gasteiger partial charge in [0.2, 0.25) is 0 Å². The second kappa shape index (κ2) is 7.06. The summed E-state index contributed by atoms with van der Waals surface area (Å²) in [6.07, 6.45) is -4.56. The Kier molecular flexibility index (Phi) is 4.84. The van der Waals surface area contributed by atoms with Gasteiger partial charge in [-0.2, -0.15) is 13.2 Å². The summed E-state index contributed by atoms with van der Waals surface area (Å²) < 4.78 is 44.1. The van der Waals surface area contributed by atoms with Crippen molar-refractivity contribution < 1.29 is 22.7 Å². The lowest BCUT2D eigenvalue weighted by Gasteiger charge is -2.27. The lowest BCUT2D eigenvalue weighted by Crippen LogP contribution is -2.37. The van der Waals surface area contributed by atoms with Crippen molar-refractivity contribution >= 4 is 17.4 Å². The quantitative estimate of drug-likeness (QED) is 0.920.